The number of thiophene rings is 1. The predicted molar refractivity (Wildman–Crippen MR) is 66.6 cm³/mol. The van der Waals surface area contributed by atoms with Crippen molar-refractivity contribution in [3.8, 4) is 0 Å². The van der Waals surface area contributed by atoms with Crippen LogP contribution in [0.1, 0.15) is 32.3 Å². The maximum absolute atomic E-state index is 11.8. The second kappa shape index (κ2) is 6.01. The predicted octanol–water partition coefficient (Wildman–Crippen LogP) is 1.98. The molecule has 90 valence electrons. The molecule has 1 aromatic rings. The minimum Gasteiger partial charge on any atom is -0.391 e. The zero-order chi connectivity index (χ0) is 12.1. The van der Waals surface area contributed by atoms with E-state index in [2.05, 4.69) is 5.32 Å². The van der Waals surface area contributed by atoms with Crippen molar-refractivity contribution < 1.29 is 9.90 Å². The lowest BCUT2D eigenvalue weighted by Gasteiger charge is -2.17. The third kappa shape index (κ3) is 3.61. The minimum atomic E-state index is -0.473. The normalized spacial score (nSPS) is 14.8. The molecule has 1 amide bonds. The van der Waals surface area contributed by atoms with Gasteiger partial charge in [-0.2, -0.15) is 11.3 Å². The smallest absolute Gasteiger partial charge is 0.227 e. The summed E-state index contributed by atoms with van der Waals surface area (Å²) in [7, 11) is 0. The Labute approximate surface area is 100 Å². The van der Waals surface area contributed by atoms with Crippen molar-refractivity contribution in [1.82, 2.24) is 5.32 Å². The molecule has 0 saturated heterocycles. The zero-order valence-corrected chi connectivity index (χ0v) is 10.8. The highest BCUT2D eigenvalue weighted by molar-refractivity contribution is 7.08. The van der Waals surface area contributed by atoms with Crippen molar-refractivity contribution >= 4 is 17.2 Å². The highest BCUT2D eigenvalue weighted by Crippen LogP contribution is 2.18. The fourth-order valence-electron chi connectivity index (χ4n) is 1.27. The summed E-state index contributed by atoms with van der Waals surface area (Å²) in [6.07, 6.45) is -0.473. The molecule has 0 spiro atoms. The van der Waals surface area contributed by atoms with Gasteiger partial charge in [-0.05, 0) is 35.2 Å². The Morgan fingerprint density at radius 2 is 2.19 bits per heavy atom. The summed E-state index contributed by atoms with van der Waals surface area (Å²) < 4.78 is 0. The van der Waals surface area contributed by atoms with Crippen LogP contribution >= 0.6 is 11.3 Å². The number of hydrogen-bond acceptors (Lipinski definition) is 3. The van der Waals surface area contributed by atoms with Gasteiger partial charge in [-0.25, -0.2) is 0 Å². The number of aliphatic hydroxyl groups is 1. The third-order valence-electron chi connectivity index (χ3n) is 2.69. The second-order valence-corrected chi connectivity index (χ2v) is 5.11. The van der Waals surface area contributed by atoms with Gasteiger partial charge in [0, 0.05) is 6.54 Å². The van der Waals surface area contributed by atoms with E-state index in [0.29, 0.717) is 6.54 Å². The molecule has 0 saturated carbocycles. The minimum absolute atomic E-state index is 0.0295. The molecule has 0 bridgehead atoms. The molecule has 0 aromatic carbocycles. The molecule has 16 heavy (non-hydrogen) atoms. The standard InChI is InChI=1S/C12H19NO2S/c1-8(2)11(14)6-13-12(15)9(3)10-4-5-16-7-10/h4-5,7-9,11,14H,6H2,1-3H3,(H,13,15). The van der Waals surface area contributed by atoms with Gasteiger partial charge in [-0.15, -0.1) is 0 Å². The largest absolute Gasteiger partial charge is 0.391 e. The Hall–Kier alpha value is -0.870. The van der Waals surface area contributed by atoms with Gasteiger partial charge in [0.2, 0.25) is 5.91 Å². The number of hydrogen-bond donors (Lipinski definition) is 2. The number of rotatable bonds is 5. The van der Waals surface area contributed by atoms with E-state index in [1.165, 1.54) is 0 Å². The van der Waals surface area contributed by atoms with Crippen LogP contribution in [0, 0.1) is 5.92 Å². The summed E-state index contributed by atoms with van der Waals surface area (Å²) in [5, 5.41) is 16.3. The SMILES string of the molecule is CC(C(=O)NCC(O)C(C)C)c1ccsc1. The number of amides is 1. The Balaban J connectivity index is 2.41. The molecule has 0 radical (unpaired) electrons. The van der Waals surface area contributed by atoms with Crippen molar-refractivity contribution in [3.63, 3.8) is 0 Å². The Bertz CT molecular complexity index is 322. The van der Waals surface area contributed by atoms with Crippen LogP contribution in [0.5, 0.6) is 0 Å². The van der Waals surface area contributed by atoms with Crippen molar-refractivity contribution in [1.29, 1.82) is 0 Å². The fraction of sp³-hybridized carbons (Fsp3) is 0.583. The van der Waals surface area contributed by atoms with E-state index in [-0.39, 0.29) is 17.7 Å². The molecule has 0 aliphatic rings. The summed E-state index contributed by atoms with van der Waals surface area (Å²) >= 11 is 1.59. The Morgan fingerprint density at radius 1 is 1.50 bits per heavy atom. The third-order valence-corrected chi connectivity index (χ3v) is 3.39. The van der Waals surface area contributed by atoms with Gasteiger partial charge in [0.1, 0.15) is 0 Å². The van der Waals surface area contributed by atoms with Crippen LogP contribution < -0.4 is 5.32 Å². The number of carbonyl (C=O) groups is 1. The Kier molecular flexibility index (Phi) is 4.96. The number of nitrogens with one attached hydrogen (secondary N) is 1. The Morgan fingerprint density at radius 3 is 2.69 bits per heavy atom. The van der Waals surface area contributed by atoms with Crippen LogP contribution in [0.25, 0.3) is 0 Å². The summed E-state index contributed by atoms with van der Waals surface area (Å²) in [6, 6.07) is 1.95. The van der Waals surface area contributed by atoms with Crippen molar-refractivity contribution in [2.24, 2.45) is 5.92 Å². The molecule has 2 N–H and O–H groups in total. The highest BCUT2D eigenvalue weighted by atomic mass is 32.1. The van der Waals surface area contributed by atoms with Crippen LogP contribution in [0.4, 0.5) is 0 Å². The molecule has 4 heteroatoms. The molecule has 1 heterocycles. The second-order valence-electron chi connectivity index (χ2n) is 4.33. The number of carbonyl (C=O) groups excluding carboxylic acids is 1. The van der Waals surface area contributed by atoms with Crippen LogP contribution in [-0.4, -0.2) is 23.7 Å². The van der Waals surface area contributed by atoms with Gasteiger partial charge in [0.15, 0.2) is 0 Å². The first-order valence-electron chi connectivity index (χ1n) is 5.50. The molecule has 0 aliphatic heterocycles. The molecular weight excluding hydrogens is 222 g/mol. The monoisotopic (exact) mass is 241 g/mol. The van der Waals surface area contributed by atoms with Gasteiger partial charge in [0.05, 0.1) is 12.0 Å². The summed E-state index contributed by atoms with van der Waals surface area (Å²) in [5.74, 6) is -0.0135. The maximum Gasteiger partial charge on any atom is 0.227 e. The molecule has 2 unspecified atom stereocenters. The van der Waals surface area contributed by atoms with Gasteiger partial charge in [-0.1, -0.05) is 13.8 Å². The van der Waals surface area contributed by atoms with E-state index < -0.39 is 6.10 Å². The van der Waals surface area contributed by atoms with Crippen molar-refractivity contribution in [2.45, 2.75) is 32.8 Å². The molecule has 3 nitrogen and oxygen atoms in total. The van der Waals surface area contributed by atoms with Crippen LogP contribution in [0.2, 0.25) is 0 Å². The summed E-state index contributed by atoms with van der Waals surface area (Å²) in [6.45, 7) is 6.06. The first kappa shape index (κ1) is 13.2. The quantitative estimate of drug-likeness (QED) is 0.828. The van der Waals surface area contributed by atoms with E-state index >= 15 is 0 Å². The van der Waals surface area contributed by atoms with E-state index in [0.717, 1.165) is 5.56 Å². The average molecular weight is 241 g/mol. The van der Waals surface area contributed by atoms with E-state index in [1.54, 1.807) is 11.3 Å². The molecule has 1 aromatic heterocycles. The summed E-state index contributed by atoms with van der Waals surface area (Å²) in [4.78, 5) is 11.8. The van der Waals surface area contributed by atoms with Crippen molar-refractivity contribution in [2.75, 3.05) is 6.54 Å². The summed E-state index contributed by atoms with van der Waals surface area (Å²) in [5.41, 5.74) is 1.03. The van der Waals surface area contributed by atoms with Gasteiger partial charge >= 0.3 is 0 Å². The van der Waals surface area contributed by atoms with Gasteiger partial charge in [0.25, 0.3) is 0 Å². The zero-order valence-electron chi connectivity index (χ0n) is 9.93. The van der Waals surface area contributed by atoms with Gasteiger partial charge < -0.3 is 10.4 Å². The topological polar surface area (TPSA) is 49.3 Å². The lowest BCUT2D eigenvalue weighted by Crippen LogP contribution is -2.36. The van der Waals surface area contributed by atoms with Gasteiger partial charge in [-0.3, -0.25) is 4.79 Å². The fourth-order valence-corrected chi connectivity index (χ4v) is 2.02. The first-order valence-corrected chi connectivity index (χ1v) is 6.44. The molecule has 0 fully saturated rings. The van der Waals surface area contributed by atoms with E-state index in [4.69, 9.17) is 0 Å². The van der Waals surface area contributed by atoms with Crippen LogP contribution in [0.3, 0.4) is 0 Å². The molecular formula is C12H19NO2S. The first-order chi connectivity index (χ1) is 7.52. The van der Waals surface area contributed by atoms with E-state index in [1.807, 2.05) is 37.6 Å². The lowest BCUT2D eigenvalue weighted by molar-refractivity contribution is -0.122. The van der Waals surface area contributed by atoms with E-state index in [9.17, 15) is 9.90 Å². The van der Waals surface area contributed by atoms with Crippen LogP contribution in [0.15, 0.2) is 16.8 Å². The van der Waals surface area contributed by atoms with Crippen molar-refractivity contribution in [3.05, 3.63) is 22.4 Å². The highest BCUT2D eigenvalue weighted by Gasteiger charge is 2.17. The molecule has 0 aliphatic carbocycles. The molecule has 1 rings (SSSR count). The number of aliphatic hydroxyl groups excluding tert-OH is 1. The average Bonchev–Trinajstić information content (AvgIpc) is 2.77. The lowest BCUT2D eigenvalue weighted by atomic mass is 10.0. The molecule has 2 atom stereocenters. The maximum atomic E-state index is 11.8. The van der Waals surface area contributed by atoms with Crippen LogP contribution in [-0.2, 0) is 4.79 Å².